The molecule has 4 nitrogen and oxygen atoms in total. The number of carbonyl (C=O) groups is 1. The molecule has 0 aromatic heterocycles. The van der Waals surface area contributed by atoms with E-state index < -0.39 is 0 Å². The van der Waals surface area contributed by atoms with Crippen LogP contribution in [-0.2, 0) is 0 Å². The molecule has 0 unspecified atom stereocenters. The standard InChI is InChI=1S/C16H22BrNO3/c1-21-15-8-7-12(11-14(15)17)16(20)18(9-10-19)13-5-3-2-4-6-13/h7-8,11,13,19H,2-6,9-10H2,1H3. The smallest absolute Gasteiger partial charge is 0.254 e. The van der Waals surface area contributed by atoms with Crippen LogP contribution in [0.5, 0.6) is 5.75 Å². The summed E-state index contributed by atoms with van der Waals surface area (Å²) in [4.78, 5) is 14.6. The van der Waals surface area contributed by atoms with Crippen LogP contribution in [0.25, 0.3) is 0 Å². The molecular formula is C16H22BrNO3. The van der Waals surface area contributed by atoms with Crippen LogP contribution in [0.4, 0.5) is 0 Å². The van der Waals surface area contributed by atoms with Gasteiger partial charge in [-0.25, -0.2) is 0 Å². The number of rotatable bonds is 5. The Morgan fingerprint density at radius 1 is 1.38 bits per heavy atom. The Bertz CT molecular complexity index is 486. The summed E-state index contributed by atoms with van der Waals surface area (Å²) >= 11 is 3.41. The molecule has 0 radical (unpaired) electrons. The van der Waals surface area contributed by atoms with Gasteiger partial charge in [0.25, 0.3) is 5.91 Å². The number of methoxy groups -OCH3 is 1. The number of nitrogens with zero attached hydrogens (tertiary/aromatic N) is 1. The summed E-state index contributed by atoms with van der Waals surface area (Å²) in [5.74, 6) is 0.692. The average molecular weight is 356 g/mol. The summed E-state index contributed by atoms with van der Waals surface area (Å²) in [5, 5.41) is 9.28. The molecule has 2 rings (SSSR count). The van der Waals surface area contributed by atoms with Gasteiger partial charge in [-0.15, -0.1) is 0 Å². The van der Waals surface area contributed by atoms with Crippen molar-refractivity contribution in [3.8, 4) is 5.75 Å². The molecule has 0 spiro atoms. The molecule has 116 valence electrons. The maximum Gasteiger partial charge on any atom is 0.254 e. The minimum Gasteiger partial charge on any atom is -0.496 e. The molecule has 1 aliphatic carbocycles. The molecule has 1 aliphatic rings. The van der Waals surface area contributed by atoms with Crippen molar-refractivity contribution < 1.29 is 14.6 Å². The van der Waals surface area contributed by atoms with E-state index in [2.05, 4.69) is 15.9 Å². The molecule has 5 heteroatoms. The highest BCUT2D eigenvalue weighted by Gasteiger charge is 2.26. The molecule has 1 amide bonds. The zero-order valence-electron chi connectivity index (χ0n) is 12.3. The SMILES string of the molecule is COc1ccc(C(=O)N(CCO)C2CCCCC2)cc1Br. The third kappa shape index (κ3) is 3.98. The summed E-state index contributed by atoms with van der Waals surface area (Å²) in [6.07, 6.45) is 5.62. The van der Waals surface area contributed by atoms with Crippen molar-refractivity contribution in [1.29, 1.82) is 0 Å². The quantitative estimate of drug-likeness (QED) is 0.881. The molecule has 0 aliphatic heterocycles. The first-order valence-electron chi connectivity index (χ1n) is 7.42. The summed E-state index contributed by atoms with van der Waals surface area (Å²) in [6.45, 7) is 0.396. The van der Waals surface area contributed by atoms with Crippen molar-refractivity contribution >= 4 is 21.8 Å². The highest BCUT2D eigenvalue weighted by atomic mass is 79.9. The number of hydrogen-bond donors (Lipinski definition) is 1. The second kappa shape index (κ2) is 7.80. The third-order valence-corrected chi connectivity index (χ3v) is 4.64. The molecule has 1 aromatic carbocycles. The van der Waals surface area contributed by atoms with Gasteiger partial charge in [-0.1, -0.05) is 19.3 Å². The largest absolute Gasteiger partial charge is 0.496 e. The van der Waals surface area contributed by atoms with Crippen LogP contribution in [-0.4, -0.2) is 42.2 Å². The Hall–Kier alpha value is -1.07. The lowest BCUT2D eigenvalue weighted by Gasteiger charge is -2.34. The maximum atomic E-state index is 12.7. The van der Waals surface area contributed by atoms with Gasteiger partial charge in [-0.3, -0.25) is 4.79 Å². The molecule has 1 aromatic rings. The van der Waals surface area contributed by atoms with E-state index in [9.17, 15) is 9.90 Å². The Morgan fingerprint density at radius 2 is 2.10 bits per heavy atom. The lowest BCUT2D eigenvalue weighted by molar-refractivity contribution is 0.0585. The Kier molecular flexibility index (Phi) is 6.06. The maximum absolute atomic E-state index is 12.7. The van der Waals surface area contributed by atoms with Crippen LogP contribution < -0.4 is 4.74 Å². The van der Waals surface area contributed by atoms with Gasteiger partial charge in [-0.05, 0) is 47.0 Å². The minimum atomic E-state index is -0.0145. The van der Waals surface area contributed by atoms with E-state index in [0.29, 0.717) is 17.9 Å². The normalized spacial score (nSPS) is 15.8. The molecule has 1 saturated carbocycles. The molecule has 1 fully saturated rings. The van der Waals surface area contributed by atoms with Crippen LogP contribution >= 0.6 is 15.9 Å². The topological polar surface area (TPSA) is 49.8 Å². The second-order valence-electron chi connectivity index (χ2n) is 5.36. The number of ether oxygens (including phenoxy) is 1. The molecular weight excluding hydrogens is 334 g/mol. The Morgan fingerprint density at radius 3 is 2.67 bits per heavy atom. The summed E-state index contributed by atoms with van der Waals surface area (Å²) in [6, 6.07) is 5.60. The minimum absolute atomic E-state index is 0.000432. The highest BCUT2D eigenvalue weighted by molar-refractivity contribution is 9.10. The van der Waals surface area contributed by atoms with Gasteiger partial charge in [-0.2, -0.15) is 0 Å². The number of carbonyl (C=O) groups excluding carboxylic acids is 1. The van der Waals surface area contributed by atoms with Crippen molar-refractivity contribution in [1.82, 2.24) is 4.90 Å². The van der Waals surface area contributed by atoms with Crippen molar-refractivity contribution in [3.05, 3.63) is 28.2 Å². The molecule has 0 atom stereocenters. The van der Waals surface area contributed by atoms with Gasteiger partial charge in [0.2, 0.25) is 0 Å². The molecule has 21 heavy (non-hydrogen) atoms. The number of amides is 1. The molecule has 0 saturated heterocycles. The first-order valence-corrected chi connectivity index (χ1v) is 8.22. The fourth-order valence-electron chi connectivity index (χ4n) is 2.92. The van der Waals surface area contributed by atoms with Gasteiger partial charge >= 0.3 is 0 Å². The number of aliphatic hydroxyl groups is 1. The van der Waals surface area contributed by atoms with Gasteiger partial charge in [0.15, 0.2) is 0 Å². The Labute approximate surface area is 134 Å². The van der Waals surface area contributed by atoms with Crippen molar-refractivity contribution in [2.75, 3.05) is 20.3 Å². The number of aliphatic hydroxyl groups excluding tert-OH is 1. The predicted molar refractivity (Wildman–Crippen MR) is 85.7 cm³/mol. The fraction of sp³-hybridized carbons (Fsp3) is 0.562. The third-order valence-electron chi connectivity index (χ3n) is 4.02. The molecule has 1 N–H and O–H groups in total. The van der Waals surface area contributed by atoms with Crippen molar-refractivity contribution in [3.63, 3.8) is 0 Å². The van der Waals surface area contributed by atoms with E-state index in [-0.39, 0.29) is 18.6 Å². The first-order chi connectivity index (χ1) is 10.2. The van der Waals surface area contributed by atoms with Crippen LogP contribution in [0.1, 0.15) is 42.5 Å². The predicted octanol–water partition coefficient (Wildman–Crippen LogP) is 3.22. The van der Waals surface area contributed by atoms with Crippen LogP contribution in [0.15, 0.2) is 22.7 Å². The summed E-state index contributed by atoms with van der Waals surface area (Å²) in [7, 11) is 1.60. The van der Waals surface area contributed by atoms with E-state index in [4.69, 9.17) is 4.74 Å². The van der Waals surface area contributed by atoms with E-state index in [1.54, 1.807) is 25.3 Å². The van der Waals surface area contributed by atoms with Gasteiger partial charge in [0.1, 0.15) is 5.75 Å². The number of benzene rings is 1. The number of halogens is 1. The van der Waals surface area contributed by atoms with E-state index >= 15 is 0 Å². The average Bonchev–Trinajstić information content (AvgIpc) is 2.52. The van der Waals surface area contributed by atoms with Gasteiger partial charge < -0.3 is 14.7 Å². The Balaban J connectivity index is 2.19. The molecule has 0 bridgehead atoms. The highest BCUT2D eigenvalue weighted by Crippen LogP contribution is 2.28. The lowest BCUT2D eigenvalue weighted by atomic mass is 9.93. The van der Waals surface area contributed by atoms with Crippen molar-refractivity contribution in [2.24, 2.45) is 0 Å². The van der Waals surface area contributed by atoms with Gasteiger partial charge in [0.05, 0.1) is 18.2 Å². The van der Waals surface area contributed by atoms with Crippen LogP contribution in [0, 0.1) is 0 Å². The summed E-state index contributed by atoms with van der Waals surface area (Å²) in [5.41, 5.74) is 0.627. The van der Waals surface area contributed by atoms with Crippen LogP contribution in [0.3, 0.4) is 0 Å². The van der Waals surface area contributed by atoms with Crippen LogP contribution in [0.2, 0.25) is 0 Å². The first kappa shape index (κ1) is 16.3. The monoisotopic (exact) mass is 355 g/mol. The fourth-order valence-corrected chi connectivity index (χ4v) is 3.46. The second-order valence-corrected chi connectivity index (χ2v) is 6.22. The van der Waals surface area contributed by atoms with E-state index in [1.165, 1.54) is 6.42 Å². The van der Waals surface area contributed by atoms with Crippen molar-refractivity contribution in [2.45, 2.75) is 38.1 Å². The molecule has 0 heterocycles. The summed E-state index contributed by atoms with van der Waals surface area (Å²) < 4.78 is 5.96. The van der Waals surface area contributed by atoms with E-state index in [0.717, 1.165) is 30.2 Å². The number of hydrogen-bond acceptors (Lipinski definition) is 3. The zero-order valence-corrected chi connectivity index (χ0v) is 13.9. The van der Waals surface area contributed by atoms with Gasteiger partial charge in [0, 0.05) is 18.2 Å². The lowest BCUT2D eigenvalue weighted by Crippen LogP contribution is -2.43. The van der Waals surface area contributed by atoms with E-state index in [1.807, 2.05) is 4.90 Å². The zero-order chi connectivity index (χ0) is 15.2.